The van der Waals surface area contributed by atoms with E-state index in [-0.39, 0.29) is 5.91 Å². The van der Waals surface area contributed by atoms with Crippen molar-refractivity contribution in [2.75, 3.05) is 13.1 Å². The zero-order chi connectivity index (χ0) is 27.0. The number of halogens is 3. The summed E-state index contributed by atoms with van der Waals surface area (Å²) in [4.78, 5) is 24.9. The number of carbonyl (C=O) groups excluding carboxylic acids is 1. The van der Waals surface area contributed by atoms with Gasteiger partial charge in [0.25, 0.3) is 5.91 Å². The van der Waals surface area contributed by atoms with Crippen molar-refractivity contribution in [3.8, 4) is 11.3 Å². The van der Waals surface area contributed by atoms with Crippen LogP contribution in [0, 0.1) is 6.92 Å². The van der Waals surface area contributed by atoms with Crippen LogP contribution in [0.5, 0.6) is 0 Å². The van der Waals surface area contributed by atoms with E-state index in [4.69, 9.17) is 0 Å². The van der Waals surface area contributed by atoms with Gasteiger partial charge in [0.05, 0.1) is 23.0 Å². The molecule has 0 radical (unpaired) electrons. The number of nitrogens with one attached hydrogen (secondary N) is 1. The molecule has 1 N–H and O–H groups in total. The molecule has 0 spiro atoms. The average Bonchev–Trinajstić information content (AvgIpc) is 3.33. The van der Waals surface area contributed by atoms with Crippen LogP contribution in [-0.4, -0.2) is 38.8 Å². The van der Waals surface area contributed by atoms with Gasteiger partial charge < -0.3 is 9.88 Å². The van der Waals surface area contributed by atoms with Crippen molar-refractivity contribution in [2.45, 2.75) is 60.1 Å². The minimum absolute atomic E-state index is 0.100. The quantitative estimate of drug-likeness (QED) is 0.336. The fourth-order valence-corrected chi connectivity index (χ4v) is 3.04. The molecule has 0 unspecified atom stereocenters. The van der Waals surface area contributed by atoms with E-state index in [1.807, 2.05) is 37.0 Å². The van der Waals surface area contributed by atoms with Crippen LogP contribution < -0.4 is 0 Å². The Balaban J connectivity index is 0.000000314. The molecule has 196 valence electrons. The first-order valence-electron chi connectivity index (χ1n) is 12.1. The van der Waals surface area contributed by atoms with Crippen molar-refractivity contribution in [1.29, 1.82) is 0 Å². The fraction of sp³-hybridized carbons (Fsp3) is 0.393. The van der Waals surface area contributed by atoms with Crippen molar-refractivity contribution in [3.63, 3.8) is 0 Å². The molecular formula is C28H37F3N4O. The first-order chi connectivity index (χ1) is 17.2. The Bertz CT molecular complexity index is 1040. The molecule has 1 amide bonds. The van der Waals surface area contributed by atoms with Gasteiger partial charge in [0.2, 0.25) is 0 Å². The van der Waals surface area contributed by atoms with Crippen LogP contribution in [0.25, 0.3) is 11.3 Å². The molecule has 0 bridgehead atoms. The van der Waals surface area contributed by atoms with Crippen LogP contribution in [0.1, 0.15) is 68.7 Å². The number of nitrogens with zero attached hydrogens (tertiary/aromatic N) is 3. The van der Waals surface area contributed by atoms with Crippen molar-refractivity contribution in [2.24, 2.45) is 0 Å². The second kappa shape index (κ2) is 16.3. The normalized spacial score (nSPS) is 10.8. The molecule has 5 nitrogen and oxygen atoms in total. The highest BCUT2D eigenvalue weighted by Gasteiger charge is 2.30. The first-order valence-corrected chi connectivity index (χ1v) is 12.1. The van der Waals surface area contributed by atoms with E-state index >= 15 is 0 Å². The molecule has 0 aliphatic heterocycles. The predicted octanol–water partition coefficient (Wildman–Crippen LogP) is 7.72. The summed E-state index contributed by atoms with van der Waals surface area (Å²) >= 11 is 0. The van der Waals surface area contributed by atoms with Crippen LogP contribution in [0.15, 0.2) is 67.1 Å². The Kier molecular flexibility index (Phi) is 13.8. The highest BCUT2D eigenvalue weighted by molar-refractivity contribution is 5.93. The van der Waals surface area contributed by atoms with E-state index in [0.29, 0.717) is 22.6 Å². The molecular weight excluding hydrogens is 465 g/mol. The van der Waals surface area contributed by atoms with Gasteiger partial charge in [-0.05, 0) is 57.9 Å². The zero-order valence-corrected chi connectivity index (χ0v) is 21.8. The van der Waals surface area contributed by atoms with Gasteiger partial charge in [-0.15, -0.1) is 0 Å². The van der Waals surface area contributed by atoms with Gasteiger partial charge in [0.15, 0.2) is 0 Å². The van der Waals surface area contributed by atoms with Gasteiger partial charge >= 0.3 is 6.18 Å². The highest BCUT2D eigenvalue weighted by Crippen LogP contribution is 2.31. The maximum atomic E-state index is 12.5. The summed E-state index contributed by atoms with van der Waals surface area (Å²) in [6, 6.07) is 8.78. The number of aromatic nitrogens is 3. The van der Waals surface area contributed by atoms with Crippen LogP contribution in [0.4, 0.5) is 13.2 Å². The number of amides is 1. The Morgan fingerprint density at radius 2 is 1.75 bits per heavy atom. The van der Waals surface area contributed by atoms with Crippen molar-refractivity contribution in [1.82, 2.24) is 19.9 Å². The molecule has 3 aromatic rings. The SMILES string of the molecule is C/C=C\C.CCCCN(CCC)C(=O)c1cccnc1.Cc1ncc(-c2cccc(C(F)(F)F)c2)[nH]1. The summed E-state index contributed by atoms with van der Waals surface area (Å²) in [5.74, 6) is 0.774. The third kappa shape index (κ3) is 10.9. The van der Waals surface area contributed by atoms with Gasteiger partial charge in [0, 0.05) is 31.0 Å². The van der Waals surface area contributed by atoms with Crippen LogP contribution >= 0.6 is 0 Å². The molecule has 36 heavy (non-hydrogen) atoms. The third-order valence-corrected chi connectivity index (χ3v) is 5.01. The van der Waals surface area contributed by atoms with Gasteiger partial charge in [-0.1, -0.05) is 44.6 Å². The van der Waals surface area contributed by atoms with Gasteiger partial charge in [-0.2, -0.15) is 13.2 Å². The standard InChI is InChI=1S/C13H20N2O.C11H9F3N2.C4H8/c1-3-5-10-15(9-4-2)13(16)12-7-6-8-14-11-12;1-7-15-6-10(16-7)8-3-2-4-9(5-8)11(12,13)14;1-3-4-2/h6-8,11H,3-5,9-10H2,1-2H3;2-6H,1H3,(H,15,16);3-4H,1-2H3/b;;4-3-. The lowest BCUT2D eigenvalue weighted by Gasteiger charge is -2.21. The summed E-state index contributed by atoms with van der Waals surface area (Å²) in [5.41, 5.74) is 1.10. The van der Waals surface area contributed by atoms with Crippen molar-refractivity contribution in [3.05, 3.63) is 84.1 Å². The summed E-state index contributed by atoms with van der Waals surface area (Å²) in [6.45, 7) is 11.6. The summed E-state index contributed by atoms with van der Waals surface area (Å²) in [7, 11) is 0. The summed E-state index contributed by atoms with van der Waals surface area (Å²) in [6.07, 6.45) is 7.70. The lowest BCUT2D eigenvalue weighted by atomic mass is 10.1. The van der Waals surface area contributed by atoms with Crippen LogP contribution in [-0.2, 0) is 6.18 Å². The second-order valence-corrected chi connectivity index (χ2v) is 8.01. The van der Waals surface area contributed by atoms with E-state index in [1.165, 1.54) is 12.3 Å². The second-order valence-electron chi connectivity index (χ2n) is 8.01. The molecule has 0 saturated heterocycles. The van der Waals surface area contributed by atoms with Crippen LogP contribution in [0.3, 0.4) is 0 Å². The Morgan fingerprint density at radius 3 is 2.25 bits per heavy atom. The first kappa shape index (κ1) is 30.6. The number of pyridine rings is 1. The number of H-pyrrole nitrogens is 1. The topological polar surface area (TPSA) is 61.9 Å². The third-order valence-electron chi connectivity index (χ3n) is 5.01. The van der Waals surface area contributed by atoms with E-state index in [2.05, 4.69) is 28.8 Å². The van der Waals surface area contributed by atoms with Crippen molar-refractivity contribution >= 4 is 5.91 Å². The maximum absolute atomic E-state index is 12.5. The average molecular weight is 503 g/mol. The number of imidazole rings is 1. The van der Waals surface area contributed by atoms with Crippen LogP contribution in [0.2, 0.25) is 0 Å². The molecule has 0 aliphatic carbocycles. The molecule has 3 rings (SSSR count). The molecule has 0 fully saturated rings. The molecule has 0 atom stereocenters. The lowest BCUT2D eigenvalue weighted by Crippen LogP contribution is -2.32. The van der Waals surface area contributed by atoms with E-state index in [9.17, 15) is 18.0 Å². The number of rotatable bonds is 7. The number of aryl methyl sites for hydroxylation is 1. The van der Waals surface area contributed by atoms with Gasteiger partial charge in [-0.25, -0.2) is 4.98 Å². The molecule has 0 saturated carbocycles. The molecule has 8 heteroatoms. The Labute approximate surface area is 212 Å². The monoisotopic (exact) mass is 502 g/mol. The van der Waals surface area contributed by atoms with Crippen molar-refractivity contribution < 1.29 is 18.0 Å². The summed E-state index contributed by atoms with van der Waals surface area (Å²) < 4.78 is 37.4. The summed E-state index contributed by atoms with van der Waals surface area (Å²) in [5, 5.41) is 0. The minimum atomic E-state index is -4.31. The number of benzene rings is 1. The number of allylic oxidation sites excluding steroid dienone is 2. The van der Waals surface area contributed by atoms with Gasteiger partial charge in [0.1, 0.15) is 5.82 Å². The number of hydrogen-bond acceptors (Lipinski definition) is 3. The zero-order valence-electron chi connectivity index (χ0n) is 21.8. The fourth-order valence-electron chi connectivity index (χ4n) is 3.04. The van der Waals surface area contributed by atoms with E-state index in [1.54, 1.807) is 31.5 Å². The number of hydrogen-bond donors (Lipinski definition) is 1. The van der Waals surface area contributed by atoms with E-state index < -0.39 is 11.7 Å². The predicted molar refractivity (Wildman–Crippen MR) is 140 cm³/mol. The smallest absolute Gasteiger partial charge is 0.342 e. The van der Waals surface area contributed by atoms with E-state index in [0.717, 1.165) is 44.5 Å². The van der Waals surface area contributed by atoms with Gasteiger partial charge in [-0.3, -0.25) is 9.78 Å². The Hall–Kier alpha value is -3.42. The number of aromatic amines is 1. The number of alkyl halides is 3. The molecule has 0 aliphatic rings. The molecule has 2 heterocycles. The number of carbonyl (C=O) groups is 1. The highest BCUT2D eigenvalue weighted by atomic mass is 19.4. The Morgan fingerprint density at radius 1 is 1.03 bits per heavy atom. The maximum Gasteiger partial charge on any atom is 0.416 e. The largest absolute Gasteiger partial charge is 0.416 e. The molecule has 1 aromatic carbocycles. The molecule has 2 aromatic heterocycles. The minimum Gasteiger partial charge on any atom is -0.342 e. The lowest BCUT2D eigenvalue weighted by molar-refractivity contribution is -0.137. The number of unbranched alkanes of at least 4 members (excludes halogenated alkanes) is 1.